The molecule has 0 bridgehead atoms. The third-order valence-corrected chi connectivity index (χ3v) is 4.21. The molecule has 11 nitrogen and oxygen atoms in total. The first-order chi connectivity index (χ1) is 10.7. The molecule has 23 heavy (non-hydrogen) atoms. The zero-order chi connectivity index (χ0) is 17.5. The minimum absolute atomic E-state index is 0.704. The van der Waals surface area contributed by atoms with Gasteiger partial charge in [0.15, 0.2) is 6.29 Å². The Labute approximate surface area is 130 Å². The van der Waals surface area contributed by atoms with Crippen molar-refractivity contribution < 1.29 is 55.4 Å². The molecule has 6 unspecified atom stereocenters. The summed E-state index contributed by atoms with van der Waals surface area (Å²) in [6.45, 7) is -0.704. The molecular formula is C12H22O11. The van der Waals surface area contributed by atoms with Crippen LogP contribution in [-0.2, 0) is 9.47 Å². The van der Waals surface area contributed by atoms with Crippen LogP contribution in [0.1, 0.15) is 0 Å². The number of aliphatic hydroxyl groups is 9. The van der Waals surface area contributed by atoms with Crippen molar-refractivity contribution in [3.8, 4) is 0 Å². The van der Waals surface area contributed by atoms with Gasteiger partial charge in [-0.15, -0.1) is 0 Å². The second kappa shape index (κ2) is 7.21. The summed E-state index contributed by atoms with van der Waals surface area (Å²) in [6, 6.07) is 0. The van der Waals surface area contributed by atoms with Crippen LogP contribution in [0.2, 0.25) is 0 Å². The summed E-state index contributed by atoms with van der Waals surface area (Å²) < 4.78 is 10.2. The Morgan fingerprint density at radius 2 is 1.04 bits per heavy atom. The normalized spacial score (nSPS) is 54.9. The topological polar surface area (TPSA) is 201 Å². The predicted molar refractivity (Wildman–Crippen MR) is 68.7 cm³/mol. The van der Waals surface area contributed by atoms with Crippen LogP contribution in [0, 0.1) is 0 Å². The highest BCUT2D eigenvalue weighted by Crippen LogP contribution is 2.29. The smallest absolute Gasteiger partial charge is 0.187 e. The first-order valence-electron chi connectivity index (χ1n) is 7.07. The van der Waals surface area contributed by atoms with E-state index in [1.165, 1.54) is 0 Å². The van der Waals surface area contributed by atoms with Gasteiger partial charge in [0.05, 0.1) is 6.61 Å². The second-order valence-electron chi connectivity index (χ2n) is 5.75. The van der Waals surface area contributed by atoms with Crippen molar-refractivity contribution >= 4 is 0 Å². The highest BCUT2D eigenvalue weighted by Gasteiger charge is 2.52. The minimum Gasteiger partial charge on any atom is -0.394 e. The summed E-state index contributed by atoms with van der Waals surface area (Å²) in [7, 11) is 0. The molecule has 1 heterocycles. The van der Waals surface area contributed by atoms with Gasteiger partial charge in [-0.2, -0.15) is 0 Å². The van der Waals surface area contributed by atoms with E-state index in [9.17, 15) is 40.9 Å². The molecule has 0 aromatic heterocycles. The van der Waals surface area contributed by atoms with E-state index in [1.54, 1.807) is 0 Å². The van der Waals surface area contributed by atoms with Gasteiger partial charge in [0, 0.05) is 0 Å². The van der Waals surface area contributed by atoms with Gasteiger partial charge in [-0.25, -0.2) is 0 Å². The number of hydrogen-bond acceptors (Lipinski definition) is 11. The lowest BCUT2D eigenvalue weighted by molar-refractivity contribution is -0.339. The molecule has 0 spiro atoms. The highest BCUT2D eigenvalue weighted by atomic mass is 16.7. The molecule has 9 N–H and O–H groups in total. The van der Waals surface area contributed by atoms with E-state index in [1.807, 2.05) is 0 Å². The van der Waals surface area contributed by atoms with Gasteiger partial charge >= 0.3 is 0 Å². The summed E-state index contributed by atoms with van der Waals surface area (Å²) in [5, 5.41) is 86.6. The molecule has 1 aliphatic heterocycles. The SMILES string of the molecule is OCC1O[C@H](OC2C(O)[C@H](O)C(O)C(O)[C@@H]2O)C(O)[C@H](O)[C@H]1O. The van der Waals surface area contributed by atoms with Gasteiger partial charge in [-0.1, -0.05) is 0 Å². The van der Waals surface area contributed by atoms with Crippen LogP contribution in [0.15, 0.2) is 0 Å². The van der Waals surface area contributed by atoms with Gasteiger partial charge in [-0.3, -0.25) is 0 Å². The maximum atomic E-state index is 9.85. The molecule has 0 amide bonds. The molecule has 0 radical (unpaired) electrons. The summed E-state index contributed by atoms with van der Waals surface area (Å²) in [5.41, 5.74) is 0. The van der Waals surface area contributed by atoms with E-state index >= 15 is 0 Å². The van der Waals surface area contributed by atoms with E-state index in [2.05, 4.69) is 0 Å². The van der Waals surface area contributed by atoms with Crippen molar-refractivity contribution in [2.24, 2.45) is 0 Å². The molecule has 1 saturated heterocycles. The van der Waals surface area contributed by atoms with Crippen molar-refractivity contribution in [1.29, 1.82) is 0 Å². The zero-order valence-corrected chi connectivity index (χ0v) is 11.9. The van der Waals surface area contributed by atoms with Crippen LogP contribution < -0.4 is 0 Å². The Bertz CT molecular complexity index is 377. The Kier molecular flexibility index (Phi) is 5.92. The van der Waals surface area contributed by atoms with E-state index in [-0.39, 0.29) is 0 Å². The fraction of sp³-hybridized carbons (Fsp3) is 1.00. The van der Waals surface area contributed by atoms with E-state index in [4.69, 9.17) is 14.6 Å². The number of hydrogen-bond donors (Lipinski definition) is 9. The Morgan fingerprint density at radius 1 is 0.609 bits per heavy atom. The average Bonchev–Trinajstić information content (AvgIpc) is 2.54. The Balaban J connectivity index is 2.13. The van der Waals surface area contributed by atoms with E-state index < -0.39 is 73.9 Å². The minimum atomic E-state index is -1.83. The van der Waals surface area contributed by atoms with Crippen LogP contribution in [0.5, 0.6) is 0 Å². The quantitative estimate of drug-likeness (QED) is 0.236. The third-order valence-electron chi connectivity index (χ3n) is 4.21. The summed E-state index contributed by atoms with van der Waals surface area (Å²) in [4.78, 5) is 0. The molecule has 0 aromatic carbocycles. The van der Waals surface area contributed by atoms with Gasteiger partial charge in [0.2, 0.25) is 0 Å². The average molecular weight is 342 g/mol. The van der Waals surface area contributed by atoms with Crippen LogP contribution in [0.25, 0.3) is 0 Å². The highest BCUT2D eigenvalue weighted by molar-refractivity contribution is 5.00. The fourth-order valence-corrected chi connectivity index (χ4v) is 2.69. The summed E-state index contributed by atoms with van der Waals surface area (Å²) >= 11 is 0. The molecule has 136 valence electrons. The van der Waals surface area contributed by atoms with Gasteiger partial charge in [0.25, 0.3) is 0 Å². The summed E-state index contributed by atoms with van der Waals surface area (Å²) in [5.74, 6) is 0. The molecule has 1 aliphatic carbocycles. The van der Waals surface area contributed by atoms with Crippen LogP contribution >= 0.6 is 0 Å². The van der Waals surface area contributed by atoms with Crippen molar-refractivity contribution in [3.05, 3.63) is 0 Å². The molecular weight excluding hydrogens is 320 g/mol. The van der Waals surface area contributed by atoms with Crippen molar-refractivity contribution in [2.75, 3.05) is 6.61 Å². The molecule has 1 saturated carbocycles. The van der Waals surface area contributed by atoms with Crippen LogP contribution in [0.4, 0.5) is 0 Å². The first-order valence-corrected chi connectivity index (χ1v) is 7.07. The monoisotopic (exact) mass is 342 g/mol. The van der Waals surface area contributed by atoms with E-state index in [0.29, 0.717) is 0 Å². The maximum Gasteiger partial charge on any atom is 0.187 e. The standard InChI is InChI=1S/C12H22O11/c13-1-2-3(14)4(15)10(21)12(22-2)23-11-8(19)6(17)5(16)7(18)9(11)20/h2-21H,1H2/t2?,3-,4+,5?,6+,7?,8?,9-,10?,11?,12+/m0/s1. The Hall–Kier alpha value is -0.440. The predicted octanol–water partition coefficient (Wildman–Crippen LogP) is -6.01. The second-order valence-corrected chi connectivity index (χ2v) is 5.75. The lowest BCUT2D eigenvalue weighted by Gasteiger charge is -2.45. The molecule has 11 atom stereocenters. The fourth-order valence-electron chi connectivity index (χ4n) is 2.69. The van der Waals surface area contributed by atoms with Gasteiger partial charge in [0.1, 0.15) is 61.0 Å². The van der Waals surface area contributed by atoms with E-state index in [0.717, 1.165) is 0 Å². The first kappa shape index (κ1) is 18.9. The maximum absolute atomic E-state index is 9.85. The molecule has 2 rings (SSSR count). The lowest BCUT2D eigenvalue weighted by atomic mass is 9.84. The number of aliphatic hydroxyl groups excluding tert-OH is 9. The molecule has 11 heteroatoms. The van der Waals surface area contributed by atoms with Gasteiger partial charge < -0.3 is 55.4 Å². The van der Waals surface area contributed by atoms with Crippen molar-refractivity contribution in [2.45, 2.75) is 67.3 Å². The Morgan fingerprint density at radius 3 is 1.52 bits per heavy atom. The molecule has 2 aliphatic rings. The largest absolute Gasteiger partial charge is 0.394 e. The summed E-state index contributed by atoms with van der Waals surface area (Å²) in [6.07, 6.45) is -18.9. The van der Waals surface area contributed by atoms with Crippen LogP contribution in [0.3, 0.4) is 0 Å². The molecule has 0 aromatic rings. The lowest BCUT2D eigenvalue weighted by Crippen LogP contribution is -2.67. The van der Waals surface area contributed by atoms with Crippen LogP contribution in [-0.4, -0.2) is 120 Å². The third kappa shape index (κ3) is 3.36. The zero-order valence-electron chi connectivity index (χ0n) is 11.9. The number of ether oxygens (including phenoxy) is 2. The number of rotatable bonds is 3. The van der Waals surface area contributed by atoms with Crippen molar-refractivity contribution in [1.82, 2.24) is 0 Å². The van der Waals surface area contributed by atoms with Gasteiger partial charge in [-0.05, 0) is 0 Å². The molecule has 2 fully saturated rings. The van der Waals surface area contributed by atoms with Crippen molar-refractivity contribution in [3.63, 3.8) is 0 Å².